The van der Waals surface area contributed by atoms with Gasteiger partial charge in [-0.25, -0.2) is 4.98 Å². The highest BCUT2D eigenvalue weighted by molar-refractivity contribution is 6.09. The standard InChI is InChI=1S/C53H34N2O/c1-2-14-41-35(12-1)13-11-21-44(41)39-30-33-52-49(34-39)54-53(56-52)38-26-24-36(25-27-38)42-15-3-5-17-45(42)46-18-6-4-16-43(46)37-28-31-40(32-29-37)55-50-22-9-7-19-47(50)48-20-8-10-23-51(48)55/h1-34H. The number of oxazole rings is 1. The number of rotatable bonds is 6. The van der Waals surface area contributed by atoms with E-state index in [1.54, 1.807) is 0 Å². The van der Waals surface area contributed by atoms with Crippen molar-refractivity contribution in [2.75, 3.05) is 0 Å². The summed E-state index contributed by atoms with van der Waals surface area (Å²) in [5.74, 6) is 0.615. The second-order valence-electron chi connectivity index (χ2n) is 14.3. The van der Waals surface area contributed by atoms with E-state index in [2.05, 4.69) is 205 Å². The van der Waals surface area contributed by atoms with E-state index in [0.29, 0.717) is 5.89 Å². The fourth-order valence-corrected chi connectivity index (χ4v) is 8.42. The van der Waals surface area contributed by atoms with E-state index in [-0.39, 0.29) is 0 Å². The van der Waals surface area contributed by atoms with Crippen LogP contribution in [0.4, 0.5) is 0 Å². The molecule has 0 aliphatic carbocycles. The molecule has 0 atom stereocenters. The van der Waals surface area contributed by atoms with Crippen LogP contribution in [0, 0.1) is 0 Å². The molecule has 0 N–H and O–H groups in total. The minimum absolute atomic E-state index is 0.615. The van der Waals surface area contributed by atoms with Crippen LogP contribution in [0.25, 0.3) is 105 Å². The van der Waals surface area contributed by atoms with E-state index in [0.717, 1.165) is 33.5 Å². The van der Waals surface area contributed by atoms with Crippen LogP contribution in [0.1, 0.15) is 0 Å². The number of nitrogens with zero attached hydrogens (tertiary/aromatic N) is 2. The molecule has 0 saturated carbocycles. The molecule has 9 aromatic carbocycles. The van der Waals surface area contributed by atoms with Gasteiger partial charge in [-0.15, -0.1) is 0 Å². The van der Waals surface area contributed by atoms with Crippen molar-refractivity contribution in [2.45, 2.75) is 0 Å². The largest absolute Gasteiger partial charge is 0.436 e. The lowest BCUT2D eigenvalue weighted by Crippen LogP contribution is -1.94. The smallest absolute Gasteiger partial charge is 0.227 e. The van der Waals surface area contributed by atoms with Crippen LogP contribution in [-0.2, 0) is 0 Å². The maximum Gasteiger partial charge on any atom is 0.227 e. The van der Waals surface area contributed by atoms with Crippen LogP contribution >= 0.6 is 0 Å². The molecular formula is C53H34N2O. The van der Waals surface area contributed by atoms with Gasteiger partial charge in [0.1, 0.15) is 5.52 Å². The summed E-state index contributed by atoms with van der Waals surface area (Å²) in [7, 11) is 0. The van der Waals surface area contributed by atoms with Gasteiger partial charge >= 0.3 is 0 Å². The minimum Gasteiger partial charge on any atom is -0.436 e. The minimum atomic E-state index is 0.615. The summed E-state index contributed by atoms with van der Waals surface area (Å²) >= 11 is 0. The van der Waals surface area contributed by atoms with Crippen LogP contribution in [-0.4, -0.2) is 9.55 Å². The fourth-order valence-electron chi connectivity index (χ4n) is 8.42. The third kappa shape index (κ3) is 5.32. The summed E-state index contributed by atoms with van der Waals surface area (Å²) in [6.45, 7) is 0. The van der Waals surface area contributed by atoms with Crippen molar-refractivity contribution < 1.29 is 4.42 Å². The molecule has 3 nitrogen and oxygen atoms in total. The molecule has 2 heterocycles. The predicted molar refractivity (Wildman–Crippen MR) is 233 cm³/mol. The van der Waals surface area contributed by atoms with E-state index >= 15 is 0 Å². The number of hydrogen-bond acceptors (Lipinski definition) is 2. The highest BCUT2D eigenvalue weighted by atomic mass is 16.3. The number of hydrogen-bond donors (Lipinski definition) is 0. The summed E-state index contributed by atoms with van der Waals surface area (Å²) < 4.78 is 8.66. The summed E-state index contributed by atoms with van der Waals surface area (Å²) in [6.07, 6.45) is 0. The van der Waals surface area contributed by atoms with Crippen LogP contribution < -0.4 is 0 Å². The molecule has 0 aliphatic heterocycles. The van der Waals surface area contributed by atoms with Crippen LogP contribution in [0.15, 0.2) is 211 Å². The van der Waals surface area contributed by atoms with Crippen molar-refractivity contribution in [3.8, 4) is 61.6 Å². The first-order valence-corrected chi connectivity index (χ1v) is 19.0. The van der Waals surface area contributed by atoms with E-state index < -0.39 is 0 Å². The molecule has 262 valence electrons. The van der Waals surface area contributed by atoms with Crippen molar-refractivity contribution in [2.24, 2.45) is 0 Å². The second kappa shape index (κ2) is 13.1. The Bertz CT molecular complexity index is 3180. The molecule has 0 radical (unpaired) electrons. The van der Waals surface area contributed by atoms with Crippen LogP contribution in [0.2, 0.25) is 0 Å². The lowest BCUT2D eigenvalue weighted by atomic mass is 9.89. The average Bonchev–Trinajstić information content (AvgIpc) is 3.86. The number of benzene rings is 9. The van der Waals surface area contributed by atoms with Crippen molar-refractivity contribution in [1.82, 2.24) is 9.55 Å². The quantitative estimate of drug-likeness (QED) is 0.172. The van der Waals surface area contributed by atoms with Crippen LogP contribution in [0.5, 0.6) is 0 Å². The third-order valence-electron chi connectivity index (χ3n) is 11.1. The molecule has 0 aliphatic rings. The first kappa shape index (κ1) is 32.0. The molecule has 0 amide bonds. The van der Waals surface area contributed by atoms with Gasteiger partial charge < -0.3 is 8.98 Å². The Hall–Kier alpha value is -7.49. The third-order valence-corrected chi connectivity index (χ3v) is 11.1. The molecule has 2 aromatic heterocycles. The van der Waals surface area contributed by atoms with E-state index in [4.69, 9.17) is 9.40 Å². The average molecular weight is 715 g/mol. The molecule has 3 heteroatoms. The molecule has 11 aromatic rings. The highest BCUT2D eigenvalue weighted by Crippen LogP contribution is 2.40. The lowest BCUT2D eigenvalue weighted by molar-refractivity contribution is 0.620. The Morgan fingerprint density at radius 3 is 1.50 bits per heavy atom. The maximum absolute atomic E-state index is 6.30. The molecule has 0 bridgehead atoms. The Kier molecular flexibility index (Phi) is 7.49. The monoisotopic (exact) mass is 714 g/mol. The number of aromatic nitrogens is 2. The predicted octanol–water partition coefficient (Wildman–Crippen LogP) is 14.4. The van der Waals surface area contributed by atoms with Gasteiger partial charge in [0, 0.05) is 22.0 Å². The second-order valence-corrected chi connectivity index (χ2v) is 14.3. The van der Waals surface area contributed by atoms with E-state index in [1.807, 2.05) is 6.07 Å². The Labute approximate surface area is 324 Å². The van der Waals surface area contributed by atoms with Gasteiger partial charge in [0.15, 0.2) is 5.58 Å². The first-order chi connectivity index (χ1) is 27.8. The number of fused-ring (bicyclic) bond motifs is 5. The van der Waals surface area contributed by atoms with Crippen molar-refractivity contribution in [3.05, 3.63) is 206 Å². The van der Waals surface area contributed by atoms with Gasteiger partial charge in [0.25, 0.3) is 0 Å². The molecule has 0 saturated heterocycles. The van der Waals surface area contributed by atoms with Gasteiger partial charge in [0.2, 0.25) is 5.89 Å². The summed E-state index contributed by atoms with van der Waals surface area (Å²) in [5.41, 5.74) is 15.5. The number of para-hydroxylation sites is 2. The van der Waals surface area contributed by atoms with E-state index in [1.165, 1.54) is 66.0 Å². The summed E-state index contributed by atoms with van der Waals surface area (Å²) in [4.78, 5) is 4.95. The molecule has 11 rings (SSSR count). The Morgan fingerprint density at radius 2 is 0.839 bits per heavy atom. The SMILES string of the molecule is c1ccc(-c2ccccc2-c2ccc(-n3c4ccccc4c4ccccc43)cc2)c(-c2ccc(-c3nc4cc(-c5cccc6ccccc56)ccc4o3)cc2)c1. The van der Waals surface area contributed by atoms with Gasteiger partial charge in [0.05, 0.1) is 11.0 Å². The van der Waals surface area contributed by atoms with E-state index in [9.17, 15) is 0 Å². The van der Waals surface area contributed by atoms with Crippen LogP contribution in [0.3, 0.4) is 0 Å². The van der Waals surface area contributed by atoms with Gasteiger partial charge in [-0.1, -0.05) is 158 Å². The molecule has 0 unspecified atom stereocenters. The summed E-state index contributed by atoms with van der Waals surface area (Å²) in [6, 6.07) is 73.5. The summed E-state index contributed by atoms with van der Waals surface area (Å²) in [5, 5.41) is 4.98. The van der Waals surface area contributed by atoms with Gasteiger partial charge in [-0.05, 0) is 104 Å². The lowest BCUT2D eigenvalue weighted by Gasteiger charge is -2.15. The first-order valence-electron chi connectivity index (χ1n) is 19.0. The zero-order valence-electron chi connectivity index (χ0n) is 30.4. The van der Waals surface area contributed by atoms with Gasteiger partial charge in [-0.3, -0.25) is 0 Å². The van der Waals surface area contributed by atoms with Crippen molar-refractivity contribution >= 4 is 43.7 Å². The highest BCUT2D eigenvalue weighted by Gasteiger charge is 2.16. The zero-order valence-corrected chi connectivity index (χ0v) is 30.4. The fraction of sp³-hybridized carbons (Fsp3) is 0. The topological polar surface area (TPSA) is 31.0 Å². The zero-order chi connectivity index (χ0) is 37.0. The molecule has 0 fully saturated rings. The maximum atomic E-state index is 6.30. The van der Waals surface area contributed by atoms with Crippen molar-refractivity contribution in [3.63, 3.8) is 0 Å². The normalized spacial score (nSPS) is 11.6. The van der Waals surface area contributed by atoms with Gasteiger partial charge in [-0.2, -0.15) is 0 Å². The van der Waals surface area contributed by atoms with Crippen molar-refractivity contribution in [1.29, 1.82) is 0 Å². The molecule has 56 heavy (non-hydrogen) atoms. The Morgan fingerprint density at radius 1 is 0.357 bits per heavy atom. The molecule has 0 spiro atoms. The molecular weight excluding hydrogens is 681 g/mol. The Balaban J connectivity index is 0.917.